The maximum absolute atomic E-state index is 12.2. The number of cyclic esters (lactones) is 1. The standard InChI is InChI=1S/C13H12F3NO3/c14-13(15,16)7-9-6-10(12(19)20-9)17-11(18)8-4-2-1-3-5-8/h1-5,9-10H,6-7H2,(H,17,18)/t9-,10-/m1/s1. The van der Waals surface area contributed by atoms with Gasteiger partial charge in [0.1, 0.15) is 12.1 Å². The average molecular weight is 287 g/mol. The molecule has 1 aliphatic rings. The highest BCUT2D eigenvalue weighted by molar-refractivity contribution is 5.97. The van der Waals surface area contributed by atoms with Gasteiger partial charge >= 0.3 is 12.1 Å². The number of halogens is 3. The zero-order valence-corrected chi connectivity index (χ0v) is 10.3. The molecule has 4 nitrogen and oxygen atoms in total. The van der Waals surface area contributed by atoms with Crippen molar-refractivity contribution >= 4 is 11.9 Å². The first kappa shape index (κ1) is 14.4. The summed E-state index contributed by atoms with van der Waals surface area (Å²) in [6.07, 6.45) is -7.00. The van der Waals surface area contributed by atoms with E-state index in [2.05, 4.69) is 10.1 Å². The number of carbonyl (C=O) groups is 2. The first-order valence-corrected chi connectivity index (χ1v) is 5.98. The number of benzene rings is 1. The van der Waals surface area contributed by atoms with Crippen LogP contribution < -0.4 is 5.32 Å². The zero-order valence-electron chi connectivity index (χ0n) is 10.3. The van der Waals surface area contributed by atoms with E-state index in [9.17, 15) is 22.8 Å². The smallest absolute Gasteiger partial charge is 0.392 e. The summed E-state index contributed by atoms with van der Waals surface area (Å²) in [6.45, 7) is 0. The fraction of sp³-hybridized carbons (Fsp3) is 0.385. The lowest BCUT2D eigenvalue weighted by Gasteiger charge is -2.11. The highest BCUT2D eigenvalue weighted by Crippen LogP contribution is 2.28. The summed E-state index contributed by atoms with van der Waals surface area (Å²) >= 11 is 0. The molecule has 1 fully saturated rings. The molecule has 1 heterocycles. The topological polar surface area (TPSA) is 55.4 Å². The molecule has 1 saturated heterocycles. The van der Waals surface area contributed by atoms with Crippen molar-refractivity contribution in [1.29, 1.82) is 0 Å². The third-order valence-electron chi connectivity index (χ3n) is 2.87. The Labute approximate surface area is 112 Å². The highest BCUT2D eigenvalue weighted by Gasteiger charge is 2.42. The zero-order chi connectivity index (χ0) is 14.8. The van der Waals surface area contributed by atoms with Gasteiger partial charge in [0.15, 0.2) is 0 Å². The molecule has 2 rings (SSSR count). The number of carbonyl (C=O) groups excluding carboxylic acids is 2. The van der Waals surface area contributed by atoms with Gasteiger partial charge in [-0.1, -0.05) is 18.2 Å². The van der Waals surface area contributed by atoms with Gasteiger partial charge in [-0.3, -0.25) is 4.79 Å². The Morgan fingerprint density at radius 1 is 1.30 bits per heavy atom. The minimum absolute atomic E-state index is 0.170. The van der Waals surface area contributed by atoms with Crippen molar-refractivity contribution in [2.24, 2.45) is 0 Å². The Bertz CT molecular complexity index is 501. The van der Waals surface area contributed by atoms with Gasteiger partial charge in [0.05, 0.1) is 6.42 Å². The van der Waals surface area contributed by atoms with Crippen LogP contribution in [-0.2, 0) is 9.53 Å². The van der Waals surface area contributed by atoms with E-state index in [4.69, 9.17) is 0 Å². The Kier molecular flexibility index (Phi) is 3.96. The van der Waals surface area contributed by atoms with E-state index in [0.717, 1.165) is 0 Å². The number of rotatable bonds is 3. The quantitative estimate of drug-likeness (QED) is 0.866. The van der Waals surface area contributed by atoms with Crippen LogP contribution >= 0.6 is 0 Å². The van der Waals surface area contributed by atoms with Crippen LogP contribution in [0.4, 0.5) is 13.2 Å². The summed E-state index contributed by atoms with van der Waals surface area (Å²) in [4.78, 5) is 23.2. The summed E-state index contributed by atoms with van der Waals surface area (Å²) in [7, 11) is 0. The molecule has 0 spiro atoms. The summed E-state index contributed by atoms with van der Waals surface area (Å²) in [5, 5.41) is 2.38. The van der Waals surface area contributed by atoms with E-state index >= 15 is 0 Å². The third-order valence-corrected chi connectivity index (χ3v) is 2.87. The van der Waals surface area contributed by atoms with E-state index < -0.39 is 36.6 Å². The van der Waals surface area contributed by atoms with E-state index in [-0.39, 0.29) is 6.42 Å². The summed E-state index contributed by atoms with van der Waals surface area (Å²) in [5.41, 5.74) is 0.333. The monoisotopic (exact) mass is 287 g/mol. The fourth-order valence-electron chi connectivity index (χ4n) is 1.99. The third kappa shape index (κ3) is 3.72. The van der Waals surface area contributed by atoms with Crippen LogP contribution in [0.2, 0.25) is 0 Å². The molecule has 0 radical (unpaired) electrons. The van der Waals surface area contributed by atoms with E-state index in [1.165, 1.54) is 0 Å². The van der Waals surface area contributed by atoms with Crippen LogP contribution in [0.1, 0.15) is 23.2 Å². The summed E-state index contributed by atoms with van der Waals surface area (Å²) in [6, 6.07) is 7.07. The Morgan fingerprint density at radius 2 is 1.95 bits per heavy atom. The lowest BCUT2D eigenvalue weighted by Crippen LogP contribution is -2.38. The SMILES string of the molecule is O=C(N[C@@H]1C[C@H](CC(F)(F)F)OC1=O)c1ccccc1. The van der Waals surface area contributed by atoms with Crippen molar-refractivity contribution in [2.45, 2.75) is 31.2 Å². The number of esters is 1. The van der Waals surface area contributed by atoms with Crippen molar-refractivity contribution in [3.63, 3.8) is 0 Å². The van der Waals surface area contributed by atoms with Gasteiger partial charge < -0.3 is 10.1 Å². The molecule has 1 aromatic carbocycles. The molecule has 0 bridgehead atoms. The molecule has 0 saturated carbocycles. The number of alkyl halides is 3. The minimum Gasteiger partial charge on any atom is -0.460 e. The molecule has 0 aliphatic carbocycles. The van der Waals surface area contributed by atoms with Crippen LogP contribution in [0, 0.1) is 0 Å². The van der Waals surface area contributed by atoms with Crippen LogP contribution in [0.5, 0.6) is 0 Å². The predicted molar refractivity (Wildman–Crippen MR) is 62.9 cm³/mol. The number of hydrogen-bond acceptors (Lipinski definition) is 3. The maximum Gasteiger partial charge on any atom is 0.392 e. The molecule has 0 aromatic heterocycles. The average Bonchev–Trinajstić information content (AvgIpc) is 2.68. The molecular formula is C13H12F3NO3. The molecule has 7 heteroatoms. The van der Waals surface area contributed by atoms with Gasteiger partial charge in [0.25, 0.3) is 5.91 Å². The Balaban J connectivity index is 1.94. The Hall–Kier alpha value is -2.05. The maximum atomic E-state index is 12.2. The number of nitrogens with one attached hydrogen (secondary N) is 1. The molecular weight excluding hydrogens is 275 g/mol. The number of ether oxygens (including phenoxy) is 1. The normalized spacial score (nSPS) is 22.4. The van der Waals surface area contributed by atoms with Crippen LogP contribution in [0.3, 0.4) is 0 Å². The van der Waals surface area contributed by atoms with Crippen molar-refractivity contribution in [3.05, 3.63) is 35.9 Å². The van der Waals surface area contributed by atoms with Crippen LogP contribution in [0.25, 0.3) is 0 Å². The molecule has 0 unspecified atom stereocenters. The van der Waals surface area contributed by atoms with Crippen LogP contribution in [0.15, 0.2) is 30.3 Å². The van der Waals surface area contributed by atoms with Crippen LogP contribution in [-0.4, -0.2) is 30.2 Å². The second-order valence-corrected chi connectivity index (χ2v) is 4.51. The molecule has 1 aromatic rings. The van der Waals surface area contributed by atoms with Crippen molar-refractivity contribution in [1.82, 2.24) is 5.32 Å². The second kappa shape index (κ2) is 5.52. The fourth-order valence-corrected chi connectivity index (χ4v) is 1.99. The molecule has 1 aliphatic heterocycles. The lowest BCUT2D eigenvalue weighted by molar-refractivity contribution is -0.163. The molecule has 1 N–H and O–H groups in total. The van der Waals surface area contributed by atoms with Gasteiger partial charge in [-0.15, -0.1) is 0 Å². The van der Waals surface area contributed by atoms with Crippen molar-refractivity contribution in [3.8, 4) is 0 Å². The highest BCUT2D eigenvalue weighted by atomic mass is 19.4. The molecule has 20 heavy (non-hydrogen) atoms. The molecule has 1 amide bonds. The largest absolute Gasteiger partial charge is 0.460 e. The molecule has 2 atom stereocenters. The van der Waals surface area contributed by atoms with E-state index in [1.807, 2.05) is 0 Å². The van der Waals surface area contributed by atoms with E-state index in [0.29, 0.717) is 5.56 Å². The number of amides is 1. The van der Waals surface area contributed by atoms with Gasteiger partial charge in [0.2, 0.25) is 0 Å². The van der Waals surface area contributed by atoms with Crippen molar-refractivity contribution < 1.29 is 27.5 Å². The summed E-state index contributed by atoms with van der Waals surface area (Å²) in [5.74, 6) is -1.34. The van der Waals surface area contributed by atoms with Gasteiger partial charge in [0, 0.05) is 12.0 Å². The second-order valence-electron chi connectivity index (χ2n) is 4.51. The first-order chi connectivity index (χ1) is 9.35. The minimum atomic E-state index is -4.40. The predicted octanol–water partition coefficient (Wildman–Crippen LogP) is 2.05. The first-order valence-electron chi connectivity index (χ1n) is 5.98. The summed E-state index contributed by atoms with van der Waals surface area (Å²) < 4.78 is 41.2. The molecule has 108 valence electrons. The Morgan fingerprint density at radius 3 is 2.55 bits per heavy atom. The number of hydrogen-bond donors (Lipinski definition) is 1. The van der Waals surface area contributed by atoms with Gasteiger partial charge in [-0.05, 0) is 12.1 Å². The van der Waals surface area contributed by atoms with Gasteiger partial charge in [-0.2, -0.15) is 13.2 Å². The van der Waals surface area contributed by atoms with Crippen molar-refractivity contribution in [2.75, 3.05) is 0 Å². The van der Waals surface area contributed by atoms with E-state index in [1.54, 1.807) is 30.3 Å². The van der Waals surface area contributed by atoms with Gasteiger partial charge in [-0.25, -0.2) is 4.79 Å². The lowest BCUT2D eigenvalue weighted by atomic mass is 10.1.